The topological polar surface area (TPSA) is 29.5 Å². The fourth-order valence-corrected chi connectivity index (χ4v) is 2.32. The molecule has 1 saturated carbocycles. The number of hydrogen-bond acceptors (Lipinski definition) is 2. The summed E-state index contributed by atoms with van der Waals surface area (Å²) in [5.41, 5.74) is 0. The van der Waals surface area contributed by atoms with E-state index in [1.54, 1.807) is 0 Å². The maximum atomic E-state index is 11.9. The maximum Gasteiger partial charge on any atom is 0.409 e. The van der Waals surface area contributed by atoms with E-state index in [1.165, 1.54) is 19.3 Å². The van der Waals surface area contributed by atoms with Gasteiger partial charge < -0.3 is 9.64 Å². The zero-order valence-electron chi connectivity index (χ0n) is 10.7. The SMILES string of the molecule is CCCCOC(=O)N(CC)C1CCCCC1. The van der Waals surface area contributed by atoms with Crippen molar-refractivity contribution in [1.29, 1.82) is 0 Å². The molecule has 1 amide bonds. The van der Waals surface area contributed by atoms with Gasteiger partial charge in [0.1, 0.15) is 0 Å². The summed E-state index contributed by atoms with van der Waals surface area (Å²) in [5.74, 6) is 0. The molecule has 0 aromatic rings. The van der Waals surface area contributed by atoms with Crippen LogP contribution < -0.4 is 0 Å². The van der Waals surface area contributed by atoms with Crippen molar-refractivity contribution in [3.05, 3.63) is 0 Å². The van der Waals surface area contributed by atoms with Crippen LogP contribution in [0.5, 0.6) is 0 Å². The van der Waals surface area contributed by atoms with E-state index in [0.29, 0.717) is 12.6 Å². The lowest BCUT2D eigenvalue weighted by Crippen LogP contribution is -2.41. The van der Waals surface area contributed by atoms with E-state index in [-0.39, 0.29) is 6.09 Å². The molecule has 0 N–H and O–H groups in total. The Bertz CT molecular complexity index is 200. The molecule has 94 valence electrons. The molecular weight excluding hydrogens is 202 g/mol. The highest BCUT2D eigenvalue weighted by Crippen LogP contribution is 2.22. The second-order valence-corrected chi connectivity index (χ2v) is 4.55. The number of hydrogen-bond donors (Lipinski definition) is 0. The molecule has 16 heavy (non-hydrogen) atoms. The second-order valence-electron chi connectivity index (χ2n) is 4.55. The molecule has 0 atom stereocenters. The highest BCUT2D eigenvalue weighted by Gasteiger charge is 2.24. The smallest absolute Gasteiger partial charge is 0.409 e. The van der Waals surface area contributed by atoms with Crippen LogP contribution in [0.25, 0.3) is 0 Å². The Kier molecular flexibility index (Phi) is 6.27. The maximum absolute atomic E-state index is 11.9. The summed E-state index contributed by atoms with van der Waals surface area (Å²) in [6.07, 6.45) is 8.05. The molecule has 3 nitrogen and oxygen atoms in total. The lowest BCUT2D eigenvalue weighted by Gasteiger charge is -2.32. The summed E-state index contributed by atoms with van der Waals surface area (Å²) in [4.78, 5) is 13.8. The Labute approximate surface area is 99.1 Å². The molecule has 1 aliphatic rings. The van der Waals surface area contributed by atoms with Gasteiger partial charge in [0, 0.05) is 12.6 Å². The number of carbonyl (C=O) groups is 1. The Balaban J connectivity index is 2.35. The van der Waals surface area contributed by atoms with Crippen molar-refractivity contribution in [2.75, 3.05) is 13.2 Å². The van der Waals surface area contributed by atoms with Gasteiger partial charge in [-0.25, -0.2) is 4.79 Å². The number of amides is 1. The summed E-state index contributed by atoms with van der Waals surface area (Å²) in [7, 11) is 0. The molecule has 1 aliphatic carbocycles. The fourth-order valence-electron chi connectivity index (χ4n) is 2.32. The number of ether oxygens (including phenoxy) is 1. The van der Waals surface area contributed by atoms with Crippen LogP contribution in [0.3, 0.4) is 0 Å². The van der Waals surface area contributed by atoms with Gasteiger partial charge in [0.25, 0.3) is 0 Å². The van der Waals surface area contributed by atoms with Crippen molar-refractivity contribution in [2.45, 2.75) is 64.8 Å². The minimum absolute atomic E-state index is 0.108. The van der Waals surface area contributed by atoms with Crippen LogP contribution in [0.2, 0.25) is 0 Å². The molecule has 3 heteroatoms. The summed E-state index contributed by atoms with van der Waals surface area (Å²) in [6.45, 7) is 5.48. The summed E-state index contributed by atoms with van der Waals surface area (Å²) < 4.78 is 5.28. The van der Waals surface area contributed by atoms with Crippen molar-refractivity contribution in [1.82, 2.24) is 4.90 Å². The normalized spacial score (nSPS) is 17.1. The third-order valence-corrected chi connectivity index (χ3v) is 3.31. The van der Waals surface area contributed by atoms with Crippen molar-refractivity contribution in [2.24, 2.45) is 0 Å². The predicted octanol–water partition coefficient (Wildman–Crippen LogP) is 3.58. The van der Waals surface area contributed by atoms with Gasteiger partial charge in [0.05, 0.1) is 6.61 Å². The van der Waals surface area contributed by atoms with E-state index >= 15 is 0 Å². The number of unbranched alkanes of at least 4 members (excludes halogenated alkanes) is 1. The monoisotopic (exact) mass is 227 g/mol. The average Bonchev–Trinajstić information content (AvgIpc) is 2.32. The highest BCUT2D eigenvalue weighted by molar-refractivity contribution is 5.68. The molecule has 0 spiro atoms. The lowest BCUT2D eigenvalue weighted by atomic mass is 9.94. The van der Waals surface area contributed by atoms with E-state index in [1.807, 2.05) is 11.8 Å². The molecule has 0 heterocycles. The average molecular weight is 227 g/mol. The second kappa shape index (κ2) is 7.53. The van der Waals surface area contributed by atoms with Crippen molar-refractivity contribution in [3.63, 3.8) is 0 Å². The van der Waals surface area contributed by atoms with Gasteiger partial charge >= 0.3 is 6.09 Å². The number of rotatable bonds is 5. The molecule has 0 radical (unpaired) electrons. The van der Waals surface area contributed by atoms with Crippen molar-refractivity contribution < 1.29 is 9.53 Å². The standard InChI is InChI=1S/C13H25NO2/c1-3-5-11-16-13(15)14(4-2)12-9-7-6-8-10-12/h12H,3-11H2,1-2H3. The van der Waals surface area contributed by atoms with Crippen LogP contribution in [-0.2, 0) is 4.74 Å². The number of carbonyl (C=O) groups excluding carboxylic acids is 1. The van der Waals surface area contributed by atoms with Crippen LogP contribution in [0, 0.1) is 0 Å². The van der Waals surface area contributed by atoms with Gasteiger partial charge in [-0.3, -0.25) is 0 Å². The zero-order valence-corrected chi connectivity index (χ0v) is 10.7. The van der Waals surface area contributed by atoms with Gasteiger partial charge in [-0.2, -0.15) is 0 Å². The molecular formula is C13H25NO2. The van der Waals surface area contributed by atoms with Gasteiger partial charge in [-0.05, 0) is 26.2 Å². The first kappa shape index (κ1) is 13.3. The Hall–Kier alpha value is -0.730. The van der Waals surface area contributed by atoms with Crippen LogP contribution in [0.1, 0.15) is 58.8 Å². The number of nitrogens with zero attached hydrogens (tertiary/aromatic N) is 1. The minimum Gasteiger partial charge on any atom is -0.449 e. The van der Waals surface area contributed by atoms with E-state index in [0.717, 1.165) is 32.2 Å². The highest BCUT2D eigenvalue weighted by atomic mass is 16.6. The van der Waals surface area contributed by atoms with E-state index in [9.17, 15) is 4.79 Å². The third kappa shape index (κ3) is 4.03. The van der Waals surface area contributed by atoms with Crippen molar-refractivity contribution in [3.8, 4) is 0 Å². The molecule has 0 bridgehead atoms. The van der Waals surface area contributed by atoms with Crippen molar-refractivity contribution >= 4 is 6.09 Å². The lowest BCUT2D eigenvalue weighted by molar-refractivity contribution is 0.0786. The Morgan fingerprint density at radius 1 is 1.25 bits per heavy atom. The molecule has 0 unspecified atom stereocenters. The quantitative estimate of drug-likeness (QED) is 0.672. The van der Waals surface area contributed by atoms with Gasteiger partial charge in [-0.15, -0.1) is 0 Å². The first-order chi connectivity index (χ1) is 7.79. The van der Waals surface area contributed by atoms with Gasteiger partial charge in [-0.1, -0.05) is 32.6 Å². The third-order valence-electron chi connectivity index (χ3n) is 3.31. The van der Waals surface area contributed by atoms with E-state index in [2.05, 4.69) is 6.92 Å². The molecule has 0 saturated heterocycles. The van der Waals surface area contributed by atoms with Crippen LogP contribution in [-0.4, -0.2) is 30.2 Å². The van der Waals surface area contributed by atoms with Crippen LogP contribution in [0.15, 0.2) is 0 Å². The van der Waals surface area contributed by atoms with Gasteiger partial charge in [0.15, 0.2) is 0 Å². The molecule has 1 rings (SSSR count). The Morgan fingerprint density at radius 3 is 2.50 bits per heavy atom. The molecule has 0 aromatic carbocycles. The first-order valence-corrected chi connectivity index (χ1v) is 6.73. The Morgan fingerprint density at radius 2 is 1.94 bits per heavy atom. The van der Waals surface area contributed by atoms with Crippen LogP contribution >= 0.6 is 0 Å². The first-order valence-electron chi connectivity index (χ1n) is 6.73. The predicted molar refractivity (Wildman–Crippen MR) is 65.5 cm³/mol. The van der Waals surface area contributed by atoms with Gasteiger partial charge in [0.2, 0.25) is 0 Å². The van der Waals surface area contributed by atoms with E-state index in [4.69, 9.17) is 4.74 Å². The van der Waals surface area contributed by atoms with Crippen LogP contribution in [0.4, 0.5) is 4.79 Å². The summed E-state index contributed by atoms with van der Waals surface area (Å²) in [5, 5.41) is 0. The largest absolute Gasteiger partial charge is 0.449 e. The molecule has 0 aromatic heterocycles. The van der Waals surface area contributed by atoms with E-state index < -0.39 is 0 Å². The summed E-state index contributed by atoms with van der Waals surface area (Å²) >= 11 is 0. The minimum atomic E-state index is -0.108. The zero-order chi connectivity index (χ0) is 11.8. The fraction of sp³-hybridized carbons (Fsp3) is 0.923. The summed E-state index contributed by atoms with van der Waals surface area (Å²) in [6, 6.07) is 0.424. The molecule has 1 fully saturated rings. The molecule has 0 aliphatic heterocycles.